The molecule has 0 aliphatic rings. The van der Waals surface area contributed by atoms with Gasteiger partial charge in [0.25, 0.3) is 5.56 Å². The molecule has 0 saturated carbocycles. The van der Waals surface area contributed by atoms with Crippen LogP contribution < -0.4 is 15.2 Å². The van der Waals surface area contributed by atoms with Crippen molar-refractivity contribution in [2.24, 2.45) is 0 Å². The van der Waals surface area contributed by atoms with Gasteiger partial charge in [-0.15, -0.1) is 5.10 Å². The Hall–Kier alpha value is -2.41. The first kappa shape index (κ1) is 14.5. The molecular weight excluding hydrogens is 300 g/mol. The van der Waals surface area contributed by atoms with Crippen LogP contribution in [-0.2, 0) is 6.54 Å². The van der Waals surface area contributed by atoms with Gasteiger partial charge in [0.15, 0.2) is 0 Å². The molecule has 0 fully saturated rings. The zero-order valence-corrected chi connectivity index (χ0v) is 13.2. The smallest absolute Gasteiger partial charge is 0.275 e. The van der Waals surface area contributed by atoms with E-state index in [1.54, 1.807) is 0 Å². The van der Waals surface area contributed by atoms with Gasteiger partial charge in [-0.25, -0.2) is 4.98 Å². The topological polar surface area (TPSA) is 59.7 Å². The average molecular weight is 316 g/mol. The highest BCUT2D eigenvalue weighted by molar-refractivity contribution is 7.20. The fourth-order valence-electron chi connectivity index (χ4n) is 2.09. The van der Waals surface area contributed by atoms with Crippen molar-refractivity contribution in [1.29, 1.82) is 0 Å². The summed E-state index contributed by atoms with van der Waals surface area (Å²) in [4.78, 5) is 18.5. The Morgan fingerprint density at radius 1 is 1.27 bits per heavy atom. The van der Waals surface area contributed by atoms with Crippen LogP contribution in [0, 0.1) is 0 Å². The highest BCUT2D eigenvalue weighted by Gasteiger charge is 2.10. The third-order valence-corrected chi connectivity index (χ3v) is 4.18. The van der Waals surface area contributed by atoms with E-state index in [1.807, 2.05) is 43.1 Å². The van der Waals surface area contributed by atoms with Crippen LogP contribution in [0.2, 0.25) is 0 Å². The van der Waals surface area contributed by atoms with Crippen LogP contribution in [0.1, 0.15) is 12.5 Å². The van der Waals surface area contributed by atoms with Gasteiger partial charge in [0.2, 0.25) is 10.1 Å². The maximum Gasteiger partial charge on any atom is 0.275 e. The second-order valence-electron chi connectivity index (χ2n) is 4.80. The molecule has 0 spiro atoms. The monoisotopic (exact) mass is 316 g/mol. The lowest BCUT2D eigenvalue weighted by atomic mass is 10.2. The Kier molecular flexibility index (Phi) is 4.06. The van der Waals surface area contributed by atoms with Crippen LogP contribution in [0.25, 0.3) is 4.96 Å². The van der Waals surface area contributed by atoms with E-state index in [4.69, 9.17) is 4.74 Å². The summed E-state index contributed by atoms with van der Waals surface area (Å²) in [6, 6.07) is 9.37. The standard InChI is InChI=1S/C15H16N4O2S/c1-3-21-12-6-4-11(5-7-12)10-18(2)15-17-19-13(20)8-9-16-14(19)22-15/h4-9H,3,10H2,1-2H3. The number of benzene rings is 1. The van der Waals surface area contributed by atoms with E-state index in [2.05, 4.69) is 10.1 Å². The van der Waals surface area contributed by atoms with Crippen molar-refractivity contribution in [1.82, 2.24) is 14.6 Å². The molecule has 3 aromatic rings. The van der Waals surface area contributed by atoms with E-state index >= 15 is 0 Å². The SMILES string of the molecule is CCOc1ccc(CN(C)c2nn3c(=O)ccnc3s2)cc1. The van der Waals surface area contributed by atoms with Gasteiger partial charge in [-0.3, -0.25) is 4.79 Å². The summed E-state index contributed by atoms with van der Waals surface area (Å²) in [7, 11) is 1.94. The van der Waals surface area contributed by atoms with Crippen LogP contribution in [0.4, 0.5) is 5.13 Å². The predicted octanol–water partition coefficient (Wildman–Crippen LogP) is 2.19. The average Bonchev–Trinajstić information content (AvgIpc) is 2.95. The highest BCUT2D eigenvalue weighted by Crippen LogP contribution is 2.22. The van der Waals surface area contributed by atoms with E-state index in [0.717, 1.165) is 16.4 Å². The number of rotatable bonds is 5. The van der Waals surface area contributed by atoms with Gasteiger partial charge in [0, 0.05) is 25.9 Å². The number of nitrogens with zero attached hydrogens (tertiary/aromatic N) is 4. The molecule has 3 rings (SSSR count). The van der Waals surface area contributed by atoms with Crippen molar-refractivity contribution >= 4 is 21.4 Å². The summed E-state index contributed by atoms with van der Waals surface area (Å²) in [5.74, 6) is 0.865. The normalized spacial score (nSPS) is 10.8. The van der Waals surface area contributed by atoms with Crippen molar-refractivity contribution in [3.05, 3.63) is 52.4 Å². The van der Waals surface area contributed by atoms with E-state index in [9.17, 15) is 4.79 Å². The molecule has 2 aromatic heterocycles. The van der Waals surface area contributed by atoms with Gasteiger partial charge >= 0.3 is 0 Å². The summed E-state index contributed by atoms with van der Waals surface area (Å²) in [5, 5.41) is 5.07. The fourth-order valence-corrected chi connectivity index (χ4v) is 2.92. The molecule has 0 amide bonds. The quantitative estimate of drug-likeness (QED) is 0.722. The van der Waals surface area contributed by atoms with E-state index < -0.39 is 0 Å². The molecule has 1 aromatic carbocycles. The van der Waals surface area contributed by atoms with Gasteiger partial charge in [-0.2, -0.15) is 4.52 Å². The second kappa shape index (κ2) is 6.15. The van der Waals surface area contributed by atoms with Gasteiger partial charge in [-0.05, 0) is 24.6 Å². The van der Waals surface area contributed by atoms with Crippen LogP contribution in [-0.4, -0.2) is 28.3 Å². The van der Waals surface area contributed by atoms with Crippen LogP contribution >= 0.6 is 11.3 Å². The zero-order valence-electron chi connectivity index (χ0n) is 12.4. The summed E-state index contributed by atoms with van der Waals surface area (Å²) in [6.07, 6.45) is 1.51. The molecule has 114 valence electrons. The van der Waals surface area contributed by atoms with Crippen molar-refractivity contribution < 1.29 is 4.74 Å². The van der Waals surface area contributed by atoms with Gasteiger partial charge < -0.3 is 9.64 Å². The van der Waals surface area contributed by atoms with Crippen LogP contribution in [0.3, 0.4) is 0 Å². The Balaban J connectivity index is 1.79. The lowest BCUT2D eigenvalue weighted by Gasteiger charge is -2.15. The summed E-state index contributed by atoms with van der Waals surface area (Å²) >= 11 is 1.39. The molecule has 0 atom stereocenters. The Bertz CT molecular complexity index is 825. The Morgan fingerprint density at radius 2 is 2.05 bits per heavy atom. The first-order valence-corrected chi connectivity index (χ1v) is 7.77. The van der Waals surface area contributed by atoms with Crippen molar-refractivity contribution in [3.8, 4) is 5.75 Å². The minimum Gasteiger partial charge on any atom is -0.494 e. The Morgan fingerprint density at radius 3 is 2.73 bits per heavy atom. The summed E-state index contributed by atoms with van der Waals surface area (Å²) in [6.45, 7) is 3.32. The molecule has 7 heteroatoms. The summed E-state index contributed by atoms with van der Waals surface area (Å²) < 4.78 is 6.76. The molecule has 0 saturated heterocycles. The van der Waals surface area contributed by atoms with Crippen molar-refractivity contribution in [3.63, 3.8) is 0 Å². The molecule has 0 bridgehead atoms. The van der Waals surface area contributed by atoms with Crippen LogP contribution in [0.5, 0.6) is 5.75 Å². The predicted molar refractivity (Wildman–Crippen MR) is 86.9 cm³/mol. The minimum absolute atomic E-state index is 0.165. The number of fused-ring (bicyclic) bond motifs is 1. The molecular formula is C15H16N4O2S. The lowest BCUT2D eigenvalue weighted by molar-refractivity contribution is 0.340. The molecule has 0 N–H and O–H groups in total. The second-order valence-corrected chi connectivity index (χ2v) is 5.73. The zero-order chi connectivity index (χ0) is 15.5. The third kappa shape index (κ3) is 2.94. The third-order valence-electron chi connectivity index (χ3n) is 3.14. The first-order valence-electron chi connectivity index (χ1n) is 6.95. The maximum absolute atomic E-state index is 11.7. The largest absolute Gasteiger partial charge is 0.494 e. The minimum atomic E-state index is -0.165. The molecule has 0 aliphatic carbocycles. The number of ether oxygens (including phenoxy) is 1. The van der Waals surface area contributed by atoms with E-state index in [0.29, 0.717) is 18.1 Å². The fraction of sp³-hybridized carbons (Fsp3) is 0.267. The summed E-state index contributed by atoms with van der Waals surface area (Å²) in [5.41, 5.74) is 0.979. The molecule has 0 aliphatic heterocycles. The number of hydrogen-bond acceptors (Lipinski definition) is 6. The number of hydrogen-bond donors (Lipinski definition) is 0. The molecule has 0 unspecified atom stereocenters. The van der Waals surface area contributed by atoms with Crippen molar-refractivity contribution in [2.45, 2.75) is 13.5 Å². The maximum atomic E-state index is 11.7. The Labute approximate surface area is 131 Å². The number of anilines is 1. The lowest BCUT2D eigenvalue weighted by Crippen LogP contribution is -2.18. The van der Waals surface area contributed by atoms with Gasteiger partial charge in [-0.1, -0.05) is 23.5 Å². The molecule has 0 radical (unpaired) electrons. The first-order chi connectivity index (χ1) is 10.7. The highest BCUT2D eigenvalue weighted by atomic mass is 32.1. The van der Waals surface area contributed by atoms with E-state index in [1.165, 1.54) is 28.1 Å². The van der Waals surface area contributed by atoms with Crippen LogP contribution in [0.15, 0.2) is 41.3 Å². The van der Waals surface area contributed by atoms with Gasteiger partial charge in [0.05, 0.1) is 6.61 Å². The number of aromatic nitrogens is 3. The molecule has 6 nitrogen and oxygen atoms in total. The molecule has 2 heterocycles. The molecule has 22 heavy (non-hydrogen) atoms. The van der Waals surface area contributed by atoms with E-state index in [-0.39, 0.29) is 5.56 Å². The van der Waals surface area contributed by atoms with Gasteiger partial charge in [0.1, 0.15) is 5.75 Å². The van der Waals surface area contributed by atoms with Crippen molar-refractivity contribution in [2.75, 3.05) is 18.6 Å².